The van der Waals surface area contributed by atoms with E-state index in [-0.39, 0.29) is 18.5 Å². The van der Waals surface area contributed by atoms with E-state index in [9.17, 15) is 9.90 Å². The quantitative estimate of drug-likeness (QED) is 0.426. The fourth-order valence-electron chi connectivity index (χ4n) is 3.10. The highest BCUT2D eigenvalue weighted by atomic mass is 35.5. The molecule has 9 nitrogen and oxygen atoms in total. The molecule has 166 valence electrons. The van der Waals surface area contributed by atoms with Crippen LogP contribution in [0.3, 0.4) is 0 Å². The highest BCUT2D eigenvalue weighted by Gasteiger charge is 2.28. The van der Waals surface area contributed by atoms with Crippen LogP contribution in [-0.4, -0.2) is 42.1 Å². The van der Waals surface area contributed by atoms with Crippen molar-refractivity contribution in [1.82, 2.24) is 24.9 Å². The third kappa shape index (κ3) is 4.29. The number of ether oxygens (including phenoxy) is 1. The number of pyridine rings is 1. The normalized spacial score (nSPS) is 11.9. The third-order valence-corrected chi connectivity index (χ3v) is 5.12. The van der Waals surface area contributed by atoms with Crippen LogP contribution in [0, 0.1) is 5.41 Å². The molecule has 0 fully saturated rings. The molecule has 0 aliphatic carbocycles. The van der Waals surface area contributed by atoms with Crippen molar-refractivity contribution >= 4 is 28.5 Å². The van der Waals surface area contributed by atoms with Crippen molar-refractivity contribution in [2.45, 2.75) is 40.3 Å². The Hall–Kier alpha value is -3.46. The Morgan fingerprint density at radius 3 is 2.72 bits per heavy atom. The molecule has 4 aromatic rings. The van der Waals surface area contributed by atoms with Gasteiger partial charge in [0.1, 0.15) is 5.02 Å². The number of fused-ring (bicyclic) bond motifs is 1. The van der Waals surface area contributed by atoms with E-state index >= 15 is 0 Å². The first-order valence-corrected chi connectivity index (χ1v) is 10.4. The molecular weight excluding hydrogens is 434 g/mol. The lowest BCUT2D eigenvalue weighted by molar-refractivity contribution is -0.147. The Morgan fingerprint density at radius 2 is 2.03 bits per heavy atom. The molecule has 0 unspecified atom stereocenters. The number of rotatable bonds is 7. The second kappa shape index (κ2) is 8.23. The van der Waals surface area contributed by atoms with Gasteiger partial charge in [-0.15, -0.1) is 0 Å². The number of aromatic nitrogens is 5. The maximum absolute atomic E-state index is 11.4. The molecule has 10 heteroatoms. The molecule has 0 aliphatic rings. The standard InChI is InChI=1S/C22H22ClN5O4/c1-12(2)31-20-16(23)8-15(9-24-20)19-26-18(27-32-19)13-5-6-17-14(7-13)10-25-28(17)11-22(3,4)21(29)30/h5-10,12H,11H2,1-4H3,(H,29,30). The molecule has 4 rings (SSSR count). The van der Waals surface area contributed by atoms with Crippen molar-refractivity contribution in [1.29, 1.82) is 0 Å². The second-order valence-corrected chi connectivity index (χ2v) is 8.77. The number of nitrogens with zero attached hydrogens (tertiary/aromatic N) is 5. The van der Waals surface area contributed by atoms with Crippen LogP contribution in [0.2, 0.25) is 5.02 Å². The van der Waals surface area contributed by atoms with Gasteiger partial charge in [0.25, 0.3) is 5.89 Å². The van der Waals surface area contributed by atoms with Crippen molar-refractivity contribution in [3.8, 4) is 28.7 Å². The van der Waals surface area contributed by atoms with Crippen molar-refractivity contribution < 1.29 is 19.2 Å². The summed E-state index contributed by atoms with van der Waals surface area (Å²) in [5, 5.41) is 19.0. The lowest BCUT2D eigenvalue weighted by Crippen LogP contribution is -2.29. The van der Waals surface area contributed by atoms with Gasteiger partial charge in [-0.1, -0.05) is 16.8 Å². The molecule has 3 aromatic heterocycles. The summed E-state index contributed by atoms with van der Waals surface area (Å²) in [7, 11) is 0. The molecule has 0 atom stereocenters. The van der Waals surface area contributed by atoms with Crippen LogP contribution in [0.1, 0.15) is 27.7 Å². The van der Waals surface area contributed by atoms with Crippen molar-refractivity contribution in [2.24, 2.45) is 5.41 Å². The number of benzene rings is 1. The monoisotopic (exact) mass is 455 g/mol. The number of aliphatic carboxylic acids is 1. The van der Waals surface area contributed by atoms with E-state index in [2.05, 4.69) is 20.2 Å². The molecular formula is C22H22ClN5O4. The highest BCUT2D eigenvalue weighted by Crippen LogP contribution is 2.30. The maximum Gasteiger partial charge on any atom is 0.310 e. The lowest BCUT2D eigenvalue weighted by atomic mass is 9.94. The summed E-state index contributed by atoms with van der Waals surface area (Å²) in [5.74, 6) is 0.151. The summed E-state index contributed by atoms with van der Waals surface area (Å²) >= 11 is 6.26. The molecule has 3 heterocycles. The minimum atomic E-state index is -0.939. The van der Waals surface area contributed by atoms with Gasteiger partial charge in [-0.25, -0.2) is 4.98 Å². The van der Waals surface area contributed by atoms with Gasteiger partial charge in [0, 0.05) is 17.1 Å². The van der Waals surface area contributed by atoms with E-state index in [1.165, 1.54) is 0 Å². The van der Waals surface area contributed by atoms with Crippen LogP contribution >= 0.6 is 11.6 Å². The smallest absolute Gasteiger partial charge is 0.310 e. The first kappa shape index (κ1) is 21.8. The summed E-state index contributed by atoms with van der Waals surface area (Å²) in [6, 6.07) is 7.25. The van der Waals surface area contributed by atoms with Gasteiger partial charge in [0.05, 0.1) is 35.3 Å². The minimum Gasteiger partial charge on any atom is -0.481 e. The SMILES string of the molecule is CC(C)Oc1ncc(-c2nc(-c3ccc4c(cnn4CC(C)(C)C(=O)O)c3)no2)cc1Cl. The van der Waals surface area contributed by atoms with Crippen LogP contribution < -0.4 is 4.74 Å². The number of hydrogen-bond donors (Lipinski definition) is 1. The largest absolute Gasteiger partial charge is 0.481 e. The van der Waals surface area contributed by atoms with Crippen molar-refractivity contribution in [3.63, 3.8) is 0 Å². The molecule has 0 bridgehead atoms. The molecule has 0 spiro atoms. The van der Waals surface area contributed by atoms with E-state index in [4.69, 9.17) is 20.9 Å². The third-order valence-electron chi connectivity index (χ3n) is 4.85. The fourth-order valence-corrected chi connectivity index (χ4v) is 3.32. The Kier molecular flexibility index (Phi) is 5.60. The zero-order valence-electron chi connectivity index (χ0n) is 18.0. The summed E-state index contributed by atoms with van der Waals surface area (Å²) in [4.78, 5) is 20.1. The van der Waals surface area contributed by atoms with Gasteiger partial charge in [0.2, 0.25) is 11.7 Å². The number of carbonyl (C=O) groups is 1. The molecule has 0 aliphatic heterocycles. The van der Waals surface area contributed by atoms with E-state index in [0.717, 1.165) is 16.5 Å². The summed E-state index contributed by atoms with van der Waals surface area (Å²) in [6.45, 7) is 7.37. The van der Waals surface area contributed by atoms with Crippen molar-refractivity contribution in [3.05, 3.63) is 41.7 Å². The Labute approximate surface area is 189 Å². The van der Waals surface area contributed by atoms with Crippen LogP contribution in [-0.2, 0) is 11.3 Å². The summed E-state index contributed by atoms with van der Waals surface area (Å²) in [5.41, 5.74) is 1.20. The second-order valence-electron chi connectivity index (χ2n) is 8.37. The first-order valence-electron chi connectivity index (χ1n) is 9.99. The fraction of sp³-hybridized carbons (Fsp3) is 0.318. The van der Waals surface area contributed by atoms with Gasteiger partial charge in [0.15, 0.2) is 0 Å². The van der Waals surface area contributed by atoms with Crippen LogP contribution in [0.15, 0.2) is 41.2 Å². The van der Waals surface area contributed by atoms with E-state index in [0.29, 0.717) is 22.3 Å². The number of carboxylic acids is 1. The Morgan fingerprint density at radius 1 is 1.25 bits per heavy atom. The van der Waals surface area contributed by atoms with Crippen LogP contribution in [0.25, 0.3) is 33.7 Å². The highest BCUT2D eigenvalue weighted by molar-refractivity contribution is 6.32. The van der Waals surface area contributed by atoms with Crippen LogP contribution in [0.5, 0.6) is 5.88 Å². The van der Waals surface area contributed by atoms with Crippen LogP contribution in [0.4, 0.5) is 0 Å². The molecule has 1 aromatic carbocycles. The van der Waals surface area contributed by atoms with E-state index < -0.39 is 11.4 Å². The molecule has 0 saturated heterocycles. The predicted octanol–water partition coefficient (Wildman–Crippen LogP) is 4.70. The molecule has 1 N–H and O–H groups in total. The Bertz CT molecular complexity index is 1290. The molecule has 0 radical (unpaired) electrons. The first-order chi connectivity index (χ1) is 15.1. The summed E-state index contributed by atoms with van der Waals surface area (Å²) in [6.07, 6.45) is 3.21. The maximum atomic E-state index is 11.4. The average Bonchev–Trinajstić information content (AvgIpc) is 3.36. The number of hydrogen-bond acceptors (Lipinski definition) is 7. The molecule has 32 heavy (non-hydrogen) atoms. The summed E-state index contributed by atoms with van der Waals surface area (Å²) < 4.78 is 12.6. The zero-order valence-corrected chi connectivity index (χ0v) is 18.8. The van der Waals surface area contributed by atoms with Gasteiger partial charge in [-0.05, 0) is 52.0 Å². The number of halogens is 1. The van der Waals surface area contributed by atoms with Crippen molar-refractivity contribution in [2.75, 3.05) is 0 Å². The topological polar surface area (TPSA) is 116 Å². The van der Waals surface area contributed by atoms with Gasteiger partial charge in [-0.2, -0.15) is 10.1 Å². The minimum absolute atomic E-state index is 0.0460. The van der Waals surface area contributed by atoms with E-state index in [1.54, 1.807) is 37.0 Å². The van der Waals surface area contributed by atoms with Gasteiger partial charge >= 0.3 is 5.97 Å². The van der Waals surface area contributed by atoms with Gasteiger partial charge < -0.3 is 14.4 Å². The Balaban J connectivity index is 1.60. The molecule has 0 amide bonds. The average molecular weight is 456 g/mol. The lowest BCUT2D eigenvalue weighted by Gasteiger charge is -2.19. The molecule has 0 saturated carbocycles. The zero-order chi connectivity index (χ0) is 23.0. The van der Waals surface area contributed by atoms with Gasteiger partial charge in [-0.3, -0.25) is 9.48 Å². The number of carboxylic acid groups (broad SMARTS) is 1. The predicted molar refractivity (Wildman–Crippen MR) is 118 cm³/mol. The van der Waals surface area contributed by atoms with E-state index in [1.807, 2.05) is 32.0 Å².